The van der Waals surface area contributed by atoms with Gasteiger partial charge in [0.1, 0.15) is 5.75 Å². The van der Waals surface area contributed by atoms with Crippen molar-refractivity contribution in [2.45, 2.75) is 38.6 Å². The molecule has 0 spiro atoms. The molecule has 1 N–H and O–H groups in total. The Morgan fingerprint density at radius 2 is 2.09 bits per heavy atom. The van der Waals surface area contributed by atoms with E-state index in [0.29, 0.717) is 6.54 Å². The van der Waals surface area contributed by atoms with Crippen LogP contribution in [-0.4, -0.2) is 13.0 Å². The van der Waals surface area contributed by atoms with Gasteiger partial charge in [0, 0.05) is 11.4 Å². The molecule has 3 nitrogen and oxygen atoms in total. The number of amides is 1. The summed E-state index contributed by atoms with van der Waals surface area (Å²) in [4.78, 5) is 14.6. The molecule has 1 aliphatic rings. The lowest BCUT2D eigenvalue weighted by molar-refractivity contribution is 0.0955. The Kier molecular flexibility index (Phi) is 4.78. The first-order chi connectivity index (χ1) is 10.8. The Morgan fingerprint density at radius 3 is 2.95 bits per heavy atom. The quantitative estimate of drug-likeness (QED) is 0.867. The molecule has 0 fully saturated rings. The van der Waals surface area contributed by atoms with Gasteiger partial charge in [-0.2, -0.15) is 0 Å². The molecule has 0 saturated carbocycles. The lowest BCUT2D eigenvalue weighted by atomic mass is 10.1. The van der Waals surface area contributed by atoms with Gasteiger partial charge >= 0.3 is 0 Å². The van der Waals surface area contributed by atoms with Gasteiger partial charge in [-0.3, -0.25) is 4.79 Å². The van der Waals surface area contributed by atoms with E-state index in [-0.39, 0.29) is 5.91 Å². The number of benzene rings is 1. The average molecular weight is 315 g/mol. The van der Waals surface area contributed by atoms with E-state index in [1.165, 1.54) is 29.7 Å². The maximum atomic E-state index is 12.3. The van der Waals surface area contributed by atoms with Gasteiger partial charge in [0.2, 0.25) is 0 Å². The zero-order chi connectivity index (χ0) is 15.4. The predicted octanol–water partition coefficient (Wildman–Crippen LogP) is 3.96. The zero-order valence-corrected chi connectivity index (χ0v) is 13.7. The van der Waals surface area contributed by atoms with E-state index in [9.17, 15) is 4.79 Å². The van der Waals surface area contributed by atoms with Crippen molar-refractivity contribution < 1.29 is 9.53 Å². The fraction of sp³-hybridized carbons (Fsp3) is 0.389. The van der Waals surface area contributed by atoms with Gasteiger partial charge in [-0.15, -0.1) is 11.3 Å². The highest BCUT2D eigenvalue weighted by atomic mass is 32.1. The van der Waals surface area contributed by atoms with E-state index in [0.717, 1.165) is 29.0 Å². The van der Waals surface area contributed by atoms with Crippen LogP contribution in [0.2, 0.25) is 0 Å². The molecule has 3 rings (SSSR count). The Bertz CT molecular complexity index is 639. The van der Waals surface area contributed by atoms with Crippen LogP contribution in [0.3, 0.4) is 0 Å². The van der Waals surface area contributed by atoms with Gasteiger partial charge in [0.15, 0.2) is 0 Å². The molecule has 1 aromatic carbocycles. The number of ether oxygens (including phenoxy) is 1. The smallest absolute Gasteiger partial charge is 0.261 e. The van der Waals surface area contributed by atoms with Crippen molar-refractivity contribution in [2.24, 2.45) is 0 Å². The third-order valence-electron chi connectivity index (χ3n) is 4.06. The fourth-order valence-electron chi connectivity index (χ4n) is 2.83. The largest absolute Gasteiger partial charge is 0.497 e. The van der Waals surface area contributed by atoms with Gasteiger partial charge in [-0.1, -0.05) is 18.6 Å². The molecule has 0 radical (unpaired) electrons. The minimum atomic E-state index is 0.0286. The van der Waals surface area contributed by atoms with Crippen molar-refractivity contribution in [1.82, 2.24) is 5.32 Å². The predicted molar refractivity (Wildman–Crippen MR) is 89.7 cm³/mol. The van der Waals surface area contributed by atoms with Crippen LogP contribution in [0.1, 0.15) is 44.9 Å². The monoisotopic (exact) mass is 315 g/mol. The Labute approximate surface area is 135 Å². The summed E-state index contributed by atoms with van der Waals surface area (Å²) >= 11 is 1.66. The van der Waals surface area contributed by atoms with Crippen LogP contribution in [0, 0.1) is 0 Å². The molecule has 4 heteroatoms. The maximum absolute atomic E-state index is 12.3. The second-order valence-electron chi connectivity index (χ2n) is 5.65. The van der Waals surface area contributed by atoms with Gasteiger partial charge in [0.05, 0.1) is 12.0 Å². The highest BCUT2D eigenvalue weighted by Gasteiger charge is 2.16. The molecule has 0 unspecified atom stereocenters. The van der Waals surface area contributed by atoms with E-state index in [4.69, 9.17) is 4.74 Å². The second kappa shape index (κ2) is 6.97. The van der Waals surface area contributed by atoms with Gasteiger partial charge < -0.3 is 10.1 Å². The minimum absolute atomic E-state index is 0.0286. The van der Waals surface area contributed by atoms with Crippen LogP contribution in [0.15, 0.2) is 30.3 Å². The number of carbonyl (C=O) groups excluding carboxylic acids is 1. The van der Waals surface area contributed by atoms with E-state index in [2.05, 4.69) is 11.4 Å². The summed E-state index contributed by atoms with van der Waals surface area (Å²) in [5, 5.41) is 3.01. The summed E-state index contributed by atoms with van der Waals surface area (Å²) in [6.45, 7) is 0.526. The van der Waals surface area contributed by atoms with Crippen molar-refractivity contribution >= 4 is 17.2 Å². The number of hydrogen-bond donors (Lipinski definition) is 1. The van der Waals surface area contributed by atoms with E-state index in [1.54, 1.807) is 18.4 Å². The molecule has 1 amide bonds. The Morgan fingerprint density at radius 1 is 1.23 bits per heavy atom. The molecule has 22 heavy (non-hydrogen) atoms. The molecule has 2 aromatic rings. The highest BCUT2D eigenvalue weighted by Crippen LogP contribution is 2.29. The third kappa shape index (κ3) is 3.50. The summed E-state index contributed by atoms with van der Waals surface area (Å²) in [7, 11) is 1.65. The van der Waals surface area contributed by atoms with E-state index < -0.39 is 0 Å². The first kappa shape index (κ1) is 15.1. The number of nitrogens with one attached hydrogen (secondary N) is 1. The van der Waals surface area contributed by atoms with Gasteiger partial charge in [-0.25, -0.2) is 0 Å². The summed E-state index contributed by atoms with van der Waals surface area (Å²) < 4.78 is 5.20. The number of hydrogen-bond acceptors (Lipinski definition) is 3. The van der Waals surface area contributed by atoms with Crippen LogP contribution >= 0.6 is 11.3 Å². The normalized spacial score (nSPS) is 14.0. The second-order valence-corrected chi connectivity index (χ2v) is 6.79. The van der Waals surface area contributed by atoms with Crippen LogP contribution in [0.4, 0.5) is 0 Å². The van der Waals surface area contributed by atoms with Crippen LogP contribution in [-0.2, 0) is 19.4 Å². The summed E-state index contributed by atoms with van der Waals surface area (Å²) in [5.74, 6) is 0.843. The lowest BCUT2D eigenvalue weighted by Gasteiger charge is -2.06. The standard InChI is InChI=1S/C18H21NO2S/c1-21-15-8-5-6-13(10-15)12-19-18(20)17-11-14-7-3-2-4-9-16(14)22-17/h5-6,8,10-11H,2-4,7,9,12H2,1H3,(H,19,20). The van der Waals surface area contributed by atoms with Crippen LogP contribution < -0.4 is 10.1 Å². The van der Waals surface area contributed by atoms with Crippen molar-refractivity contribution in [2.75, 3.05) is 7.11 Å². The molecular formula is C18H21NO2S. The number of thiophene rings is 1. The van der Waals surface area contributed by atoms with Crippen molar-refractivity contribution in [3.05, 3.63) is 51.2 Å². The van der Waals surface area contributed by atoms with Crippen molar-refractivity contribution in [1.29, 1.82) is 0 Å². The molecule has 0 atom stereocenters. The molecule has 1 aliphatic carbocycles. The van der Waals surface area contributed by atoms with E-state index in [1.807, 2.05) is 24.3 Å². The summed E-state index contributed by atoms with van der Waals surface area (Å²) in [6.07, 6.45) is 6.05. The molecule has 0 bridgehead atoms. The number of rotatable bonds is 4. The topological polar surface area (TPSA) is 38.3 Å². The first-order valence-corrected chi connectivity index (χ1v) is 8.60. The minimum Gasteiger partial charge on any atom is -0.497 e. The Hall–Kier alpha value is -1.81. The fourth-order valence-corrected chi connectivity index (χ4v) is 4.00. The van der Waals surface area contributed by atoms with Gasteiger partial charge in [-0.05, 0) is 55.0 Å². The van der Waals surface area contributed by atoms with E-state index >= 15 is 0 Å². The molecule has 116 valence electrons. The average Bonchev–Trinajstić information content (AvgIpc) is 2.84. The molecular weight excluding hydrogens is 294 g/mol. The highest BCUT2D eigenvalue weighted by molar-refractivity contribution is 7.14. The van der Waals surface area contributed by atoms with Gasteiger partial charge in [0.25, 0.3) is 5.91 Å². The molecule has 1 heterocycles. The SMILES string of the molecule is COc1cccc(CNC(=O)c2cc3c(s2)CCCCC3)c1. The molecule has 1 aromatic heterocycles. The number of fused-ring (bicyclic) bond motifs is 1. The summed E-state index contributed by atoms with van der Waals surface area (Å²) in [5.41, 5.74) is 2.43. The zero-order valence-electron chi connectivity index (χ0n) is 12.9. The lowest BCUT2D eigenvalue weighted by Crippen LogP contribution is -2.21. The maximum Gasteiger partial charge on any atom is 0.261 e. The molecule has 0 saturated heterocycles. The van der Waals surface area contributed by atoms with Crippen LogP contribution in [0.5, 0.6) is 5.75 Å². The number of aryl methyl sites for hydroxylation is 2. The number of carbonyl (C=O) groups is 1. The number of methoxy groups -OCH3 is 1. The van der Waals surface area contributed by atoms with Crippen LogP contribution in [0.25, 0.3) is 0 Å². The third-order valence-corrected chi connectivity index (χ3v) is 5.29. The molecule has 0 aliphatic heterocycles. The Balaban J connectivity index is 1.64. The first-order valence-electron chi connectivity index (χ1n) is 7.79. The summed E-state index contributed by atoms with van der Waals surface area (Å²) in [6, 6.07) is 9.87. The van der Waals surface area contributed by atoms with Crippen molar-refractivity contribution in [3.63, 3.8) is 0 Å². The van der Waals surface area contributed by atoms with Crippen molar-refractivity contribution in [3.8, 4) is 5.75 Å².